The molecule has 0 aliphatic rings. The van der Waals surface area contributed by atoms with Gasteiger partial charge in [0.15, 0.2) is 5.76 Å². The number of nitrogens with one attached hydrogen (secondary N) is 1. The minimum Gasteiger partial charge on any atom is -0.359 e. The first-order valence-electron chi connectivity index (χ1n) is 6.48. The average Bonchev–Trinajstić information content (AvgIpc) is 2.96. The van der Waals surface area contributed by atoms with Crippen molar-refractivity contribution in [1.29, 1.82) is 0 Å². The van der Waals surface area contributed by atoms with E-state index in [1.54, 1.807) is 0 Å². The quantitative estimate of drug-likeness (QED) is 0.853. The summed E-state index contributed by atoms with van der Waals surface area (Å²) in [4.78, 5) is 0. The van der Waals surface area contributed by atoms with Crippen LogP contribution in [0.25, 0.3) is 0 Å². The molecule has 0 spiro atoms. The molecule has 1 unspecified atom stereocenters. The van der Waals surface area contributed by atoms with Gasteiger partial charge in [0, 0.05) is 24.5 Å². The van der Waals surface area contributed by atoms with Crippen LogP contribution in [0.4, 0.5) is 0 Å². The first-order chi connectivity index (χ1) is 8.72. The zero-order valence-corrected chi connectivity index (χ0v) is 11.3. The molecule has 1 N–H and O–H groups in total. The first kappa shape index (κ1) is 12.9. The van der Waals surface area contributed by atoms with Crippen molar-refractivity contribution in [3.63, 3.8) is 0 Å². The summed E-state index contributed by atoms with van der Waals surface area (Å²) in [6.07, 6.45) is 6.60. The van der Waals surface area contributed by atoms with E-state index in [-0.39, 0.29) is 0 Å². The molecule has 2 heterocycles. The molecule has 0 fully saturated rings. The van der Waals surface area contributed by atoms with Gasteiger partial charge in [-0.2, -0.15) is 0 Å². The lowest BCUT2D eigenvalue weighted by Gasteiger charge is -2.13. The first-order valence-corrected chi connectivity index (χ1v) is 6.48. The molecule has 98 valence electrons. The Kier molecular flexibility index (Phi) is 4.20. The molecule has 0 aliphatic carbocycles. The molecule has 2 rings (SSSR count). The highest BCUT2D eigenvalue weighted by molar-refractivity contribution is 5.16. The predicted octanol–water partition coefficient (Wildman–Crippen LogP) is 2.89. The van der Waals surface area contributed by atoms with Gasteiger partial charge in [-0.15, -0.1) is 0 Å². The molecular formula is C14H21N3O. The second-order valence-corrected chi connectivity index (χ2v) is 4.68. The molecule has 2 aromatic rings. The van der Waals surface area contributed by atoms with E-state index in [9.17, 15) is 0 Å². The van der Waals surface area contributed by atoms with Gasteiger partial charge in [-0.3, -0.25) is 0 Å². The fourth-order valence-electron chi connectivity index (χ4n) is 2.20. The van der Waals surface area contributed by atoms with Crippen molar-refractivity contribution in [2.45, 2.75) is 39.3 Å². The topological polar surface area (TPSA) is 43.0 Å². The van der Waals surface area contributed by atoms with E-state index in [0.717, 1.165) is 24.4 Å². The molecule has 18 heavy (non-hydrogen) atoms. The number of hydrogen-bond acceptors (Lipinski definition) is 3. The van der Waals surface area contributed by atoms with E-state index in [0.29, 0.717) is 6.04 Å². The second kappa shape index (κ2) is 5.87. The van der Waals surface area contributed by atoms with Gasteiger partial charge in [0.2, 0.25) is 0 Å². The summed E-state index contributed by atoms with van der Waals surface area (Å²) >= 11 is 0. The summed E-state index contributed by atoms with van der Waals surface area (Å²) in [5.74, 6) is 0.895. The van der Waals surface area contributed by atoms with Crippen molar-refractivity contribution in [2.24, 2.45) is 0 Å². The van der Waals surface area contributed by atoms with Crippen LogP contribution in [-0.2, 0) is 6.54 Å². The number of nitrogens with zero attached hydrogens (tertiary/aromatic N) is 2. The summed E-state index contributed by atoms with van der Waals surface area (Å²) < 4.78 is 7.36. The Morgan fingerprint density at radius 1 is 1.50 bits per heavy atom. The summed E-state index contributed by atoms with van der Waals surface area (Å²) in [7, 11) is 2.01. The van der Waals surface area contributed by atoms with Crippen LogP contribution in [0.15, 0.2) is 29.0 Å². The molecule has 4 nitrogen and oxygen atoms in total. The van der Waals surface area contributed by atoms with Gasteiger partial charge >= 0.3 is 0 Å². The van der Waals surface area contributed by atoms with Gasteiger partial charge in [0.25, 0.3) is 0 Å². The summed E-state index contributed by atoms with van der Waals surface area (Å²) in [6, 6.07) is 4.58. The third-order valence-corrected chi connectivity index (χ3v) is 3.12. The van der Waals surface area contributed by atoms with Gasteiger partial charge < -0.3 is 14.4 Å². The van der Waals surface area contributed by atoms with Crippen molar-refractivity contribution < 1.29 is 4.52 Å². The minimum absolute atomic E-state index is 0.438. The number of aryl methyl sites for hydroxylation is 1. The maximum Gasteiger partial charge on any atom is 0.156 e. The van der Waals surface area contributed by atoms with Gasteiger partial charge in [-0.05, 0) is 32.0 Å². The van der Waals surface area contributed by atoms with E-state index in [2.05, 4.69) is 40.4 Å². The highest BCUT2D eigenvalue weighted by Gasteiger charge is 2.10. The highest BCUT2D eigenvalue weighted by Crippen LogP contribution is 2.19. The summed E-state index contributed by atoms with van der Waals surface area (Å²) in [5, 5.41) is 7.25. The van der Waals surface area contributed by atoms with Gasteiger partial charge in [-0.25, -0.2) is 0 Å². The lowest BCUT2D eigenvalue weighted by atomic mass is 10.1. The normalized spacial score (nSPS) is 12.8. The lowest BCUT2D eigenvalue weighted by molar-refractivity contribution is 0.373. The molecular weight excluding hydrogens is 226 g/mol. The molecule has 0 radical (unpaired) electrons. The van der Waals surface area contributed by atoms with E-state index in [4.69, 9.17) is 4.52 Å². The molecule has 1 atom stereocenters. The SMILES string of the molecule is CCCC(NC)c1ccn(Cc2cc(C)no2)c1. The monoisotopic (exact) mass is 247 g/mol. The van der Waals surface area contributed by atoms with Crippen LogP contribution in [0.5, 0.6) is 0 Å². The minimum atomic E-state index is 0.438. The van der Waals surface area contributed by atoms with Crippen LogP contribution in [0, 0.1) is 6.92 Å². The van der Waals surface area contributed by atoms with Crippen LogP contribution < -0.4 is 5.32 Å². The zero-order chi connectivity index (χ0) is 13.0. The van der Waals surface area contributed by atoms with Crippen molar-refractivity contribution in [3.8, 4) is 0 Å². The van der Waals surface area contributed by atoms with Crippen LogP contribution in [0.3, 0.4) is 0 Å². The second-order valence-electron chi connectivity index (χ2n) is 4.68. The molecule has 2 aromatic heterocycles. The number of aromatic nitrogens is 2. The van der Waals surface area contributed by atoms with E-state index < -0.39 is 0 Å². The highest BCUT2D eigenvalue weighted by atomic mass is 16.5. The summed E-state index contributed by atoms with van der Waals surface area (Å²) in [6.45, 7) is 4.88. The van der Waals surface area contributed by atoms with Crippen molar-refractivity contribution in [2.75, 3.05) is 7.05 Å². The average molecular weight is 247 g/mol. The molecule has 0 aliphatic heterocycles. The van der Waals surface area contributed by atoms with Crippen molar-refractivity contribution in [3.05, 3.63) is 41.5 Å². The smallest absolute Gasteiger partial charge is 0.156 e. The molecule has 0 saturated carbocycles. The third-order valence-electron chi connectivity index (χ3n) is 3.12. The van der Waals surface area contributed by atoms with Crippen LogP contribution in [-0.4, -0.2) is 16.8 Å². The van der Waals surface area contributed by atoms with Crippen LogP contribution in [0.2, 0.25) is 0 Å². The van der Waals surface area contributed by atoms with E-state index in [1.807, 2.05) is 20.0 Å². The Bertz CT molecular complexity index is 487. The molecule has 0 amide bonds. The van der Waals surface area contributed by atoms with Crippen molar-refractivity contribution in [1.82, 2.24) is 15.0 Å². The predicted molar refractivity (Wildman–Crippen MR) is 71.5 cm³/mol. The molecule has 0 bridgehead atoms. The maximum atomic E-state index is 5.23. The number of rotatable bonds is 6. The Labute approximate surface area is 108 Å². The third kappa shape index (κ3) is 3.01. The van der Waals surface area contributed by atoms with Gasteiger partial charge in [0.05, 0.1) is 12.2 Å². The Hall–Kier alpha value is -1.55. The van der Waals surface area contributed by atoms with Crippen LogP contribution >= 0.6 is 0 Å². The molecule has 4 heteroatoms. The van der Waals surface area contributed by atoms with Crippen LogP contribution in [0.1, 0.15) is 42.8 Å². The van der Waals surface area contributed by atoms with Gasteiger partial charge in [-0.1, -0.05) is 18.5 Å². The number of hydrogen-bond donors (Lipinski definition) is 1. The Morgan fingerprint density at radius 2 is 2.33 bits per heavy atom. The standard InChI is InChI=1S/C14H21N3O/c1-4-5-14(15-3)12-6-7-17(9-12)10-13-8-11(2)16-18-13/h6-9,14-15H,4-5,10H2,1-3H3. The maximum absolute atomic E-state index is 5.23. The lowest BCUT2D eigenvalue weighted by Crippen LogP contribution is -2.15. The van der Waals surface area contributed by atoms with E-state index >= 15 is 0 Å². The molecule has 0 aromatic carbocycles. The fourth-order valence-corrected chi connectivity index (χ4v) is 2.20. The van der Waals surface area contributed by atoms with Crippen molar-refractivity contribution >= 4 is 0 Å². The zero-order valence-electron chi connectivity index (χ0n) is 11.3. The fraction of sp³-hybridized carbons (Fsp3) is 0.500. The van der Waals surface area contributed by atoms with Gasteiger partial charge in [0.1, 0.15) is 0 Å². The largest absolute Gasteiger partial charge is 0.359 e. The summed E-state index contributed by atoms with van der Waals surface area (Å²) in [5.41, 5.74) is 2.26. The van der Waals surface area contributed by atoms with E-state index in [1.165, 1.54) is 12.0 Å². The Balaban J connectivity index is 2.05. The Morgan fingerprint density at radius 3 is 2.94 bits per heavy atom. The molecule has 0 saturated heterocycles.